The number of aliphatic carboxylic acids is 1. The molecule has 0 aliphatic carbocycles. The van der Waals surface area contributed by atoms with E-state index in [2.05, 4.69) is 4.98 Å². The minimum Gasteiger partial charge on any atom is -0.507 e. The summed E-state index contributed by atoms with van der Waals surface area (Å²) in [5, 5.41) is 20.3. The lowest BCUT2D eigenvalue weighted by Gasteiger charge is -2.18. The monoisotopic (exact) mass is 482 g/mol. The summed E-state index contributed by atoms with van der Waals surface area (Å²) < 4.78 is 39.8. The summed E-state index contributed by atoms with van der Waals surface area (Å²) in [4.78, 5) is 14.3. The van der Waals surface area contributed by atoms with Crippen LogP contribution in [-0.2, 0) is 21.1 Å². The first-order valence-corrected chi connectivity index (χ1v) is 11.9. The Morgan fingerprint density at radius 1 is 1.12 bits per heavy atom. The third kappa shape index (κ3) is 4.04. The molecule has 0 amide bonds. The highest BCUT2D eigenvalue weighted by molar-refractivity contribution is 7.91. The van der Waals surface area contributed by atoms with E-state index in [1.54, 1.807) is 38.1 Å². The van der Waals surface area contributed by atoms with Crippen LogP contribution in [0.1, 0.15) is 16.7 Å². The number of halogens is 1. The van der Waals surface area contributed by atoms with Crippen LogP contribution < -0.4 is 5.73 Å². The third-order valence-electron chi connectivity index (χ3n) is 5.92. The summed E-state index contributed by atoms with van der Waals surface area (Å²) in [5.74, 6) is -1.62. The van der Waals surface area contributed by atoms with E-state index in [1.807, 2.05) is 0 Å². The van der Waals surface area contributed by atoms with Crippen molar-refractivity contribution in [1.29, 1.82) is 0 Å². The third-order valence-corrected chi connectivity index (χ3v) is 7.73. The zero-order valence-corrected chi connectivity index (χ0v) is 19.3. The first-order valence-electron chi connectivity index (χ1n) is 10.4. The van der Waals surface area contributed by atoms with Gasteiger partial charge >= 0.3 is 5.97 Å². The lowest BCUT2D eigenvalue weighted by atomic mass is 9.89. The lowest BCUT2D eigenvalue weighted by molar-refractivity contribution is -0.138. The van der Waals surface area contributed by atoms with Gasteiger partial charge in [0.05, 0.1) is 9.79 Å². The van der Waals surface area contributed by atoms with Gasteiger partial charge in [-0.25, -0.2) is 12.8 Å². The molecule has 176 valence electrons. The number of phenols is 1. The van der Waals surface area contributed by atoms with Crippen LogP contribution in [0, 0.1) is 19.7 Å². The Hall–Kier alpha value is -3.69. The van der Waals surface area contributed by atoms with Crippen molar-refractivity contribution in [2.75, 3.05) is 0 Å². The number of aromatic hydroxyl groups is 1. The number of rotatable bonds is 6. The van der Waals surface area contributed by atoms with E-state index in [4.69, 9.17) is 5.73 Å². The van der Waals surface area contributed by atoms with Gasteiger partial charge in [0.2, 0.25) is 9.84 Å². The average molecular weight is 483 g/mol. The number of carboxylic acid groups (broad SMARTS) is 1. The van der Waals surface area contributed by atoms with E-state index >= 15 is 0 Å². The Bertz CT molecular complexity index is 1530. The van der Waals surface area contributed by atoms with Crippen molar-refractivity contribution in [2.24, 2.45) is 5.73 Å². The summed E-state index contributed by atoms with van der Waals surface area (Å²) in [6, 6.07) is 10.3. The molecule has 0 aliphatic rings. The smallest absolute Gasteiger partial charge is 0.320 e. The maximum absolute atomic E-state index is 13.3. The number of nitrogens with two attached hydrogens (primary N) is 1. The topological polar surface area (TPSA) is 133 Å². The highest BCUT2D eigenvalue weighted by atomic mass is 32.2. The molecule has 0 saturated heterocycles. The van der Waals surface area contributed by atoms with Gasteiger partial charge in [-0.3, -0.25) is 4.79 Å². The Morgan fingerprint density at radius 3 is 2.44 bits per heavy atom. The number of carboxylic acids is 1. The molecule has 1 aromatic heterocycles. The molecule has 5 N–H and O–H groups in total. The standard InChI is InChI=1S/C25H23FN2O5S/c1-13-9-16(11-20(27)25(30)31)23(14(2)24(13)29)15-3-8-21-19(10-15)22(12-28-21)34(32,33)18-6-4-17(26)5-7-18/h3-10,12,20,28-29H,11,27H2,1-2H3,(H,30,31)/t20-/m0/s1. The number of aromatic nitrogens is 1. The number of aryl methyl sites for hydroxylation is 1. The largest absolute Gasteiger partial charge is 0.507 e. The maximum atomic E-state index is 13.3. The fourth-order valence-electron chi connectivity index (χ4n) is 4.16. The molecule has 9 heteroatoms. The van der Waals surface area contributed by atoms with Gasteiger partial charge in [-0.2, -0.15) is 0 Å². The number of hydrogen-bond donors (Lipinski definition) is 4. The van der Waals surface area contributed by atoms with Crippen LogP contribution in [0.2, 0.25) is 0 Å². The molecule has 0 radical (unpaired) electrons. The van der Waals surface area contributed by atoms with Crippen molar-refractivity contribution >= 4 is 26.7 Å². The molecule has 3 aromatic carbocycles. The predicted molar refractivity (Wildman–Crippen MR) is 126 cm³/mol. The van der Waals surface area contributed by atoms with Gasteiger partial charge in [0.15, 0.2) is 0 Å². The number of sulfone groups is 1. The van der Waals surface area contributed by atoms with E-state index < -0.39 is 27.7 Å². The van der Waals surface area contributed by atoms with E-state index in [1.165, 1.54) is 18.3 Å². The summed E-state index contributed by atoms with van der Waals surface area (Å²) in [5.41, 5.74) is 9.29. The van der Waals surface area contributed by atoms with Crippen molar-refractivity contribution in [3.8, 4) is 16.9 Å². The molecule has 0 saturated carbocycles. The number of H-pyrrole nitrogens is 1. The minimum atomic E-state index is -3.95. The predicted octanol–water partition coefficient (Wildman–Crippen LogP) is 4.08. The molecule has 4 aromatic rings. The van der Waals surface area contributed by atoms with Crippen molar-refractivity contribution in [3.05, 3.63) is 77.2 Å². The highest BCUT2D eigenvalue weighted by Crippen LogP contribution is 2.38. The highest BCUT2D eigenvalue weighted by Gasteiger charge is 2.24. The van der Waals surface area contributed by atoms with Crippen molar-refractivity contribution in [2.45, 2.75) is 36.1 Å². The number of phenolic OH excluding ortho intramolecular Hbond substituents is 1. The minimum absolute atomic E-state index is 0.0220. The van der Waals surface area contributed by atoms with Gasteiger partial charge < -0.3 is 20.9 Å². The van der Waals surface area contributed by atoms with E-state index in [9.17, 15) is 27.8 Å². The molecule has 34 heavy (non-hydrogen) atoms. The first-order chi connectivity index (χ1) is 16.0. The zero-order valence-electron chi connectivity index (χ0n) is 18.5. The summed E-state index contributed by atoms with van der Waals surface area (Å²) in [6.45, 7) is 3.43. The second-order valence-corrected chi connectivity index (χ2v) is 10.1. The number of aromatic amines is 1. The number of carbonyl (C=O) groups is 1. The van der Waals surface area contributed by atoms with Crippen molar-refractivity contribution < 1.29 is 27.8 Å². The normalized spacial score (nSPS) is 12.7. The molecule has 1 atom stereocenters. The van der Waals surface area contributed by atoms with Gasteiger partial charge in [-0.1, -0.05) is 12.1 Å². The molecule has 1 heterocycles. The molecule has 0 bridgehead atoms. The summed E-state index contributed by atoms with van der Waals surface area (Å²) in [6.07, 6.45) is 1.41. The lowest BCUT2D eigenvalue weighted by Crippen LogP contribution is -2.32. The summed E-state index contributed by atoms with van der Waals surface area (Å²) >= 11 is 0. The Morgan fingerprint density at radius 2 is 1.79 bits per heavy atom. The molecular formula is C25H23FN2O5S. The molecule has 7 nitrogen and oxygen atoms in total. The van der Waals surface area contributed by atoms with Crippen LogP contribution in [-0.4, -0.2) is 35.6 Å². The Labute approximate surface area is 195 Å². The summed E-state index contributed by atoms with van der Waals surface area (Å²) in [7, 11) is -3.95. The second-order valence-electron chi connectivity index (χ2n) is 8.22. The number of nitrogens with one attached hydrogen (secondary N) is 1. The van der Waals surface area contributed by atoms with Crippen LogP contribution in [0.3, 0.4) is 0 Å². The molecule has 4 rings (SSSR count). The van der Waals surface area contributed by atoms with Crippen LogP contribution in [0.5, 0.6) is 5.75 Å². The Kier molecular flexibility index (Phi) is 5.93. The van der Waals surface area contributed by atoms with E-state index in [0.29, 0.717) is 38.7 Å². The Balaban J connectivity index is 1.91. The maximum Gasteiger partial charge on any atom is 0.320 e. The van der Waals surface area contributed by atoms with Crippen LogP contribution in [0.25, 0.3) is 22.0 Å². The molecular weight excluding hydrogens is 459 g/mol. The first kappa shape index (κ1) is 23.5. The number of fused-ring (bicyclic) bond motifs is 1. The zero-order chi connectivity index (χ0) is 24.8. The van der Waals surface area contributed by atoms with Crippen molar-refractivity contribution in [3.63, 3.8) is 0 Å². The van der Waals surface area contributed by atoms with E-state index in [-0.39, 0.29) is 22.0 Å². The quantitative estimate of drug-likeness (QED) is 0.306. The van der Waals surface area contributed by atoms with Gasteiger partial charge in [-0.05, 0) is 84.5 Å². The van der Waals surface area contributed by atoms with Crippen LogP contribution in [0.4, 0.5) is 4.39 Å². The second kappa shape index (κ2) is 8.58. The molecule has 0 fully saturated rings. The fourth-order valence-corrected chi connectivity index (χ4v) is 5.58. The fraction of sp³-hybridized carbons (Fsp3) is 0.160. The van der Waals surface area contributed by atoms with Crippen molar-refractivity contribution in [1.82, 2.24) is 4.98 Å². The molecule has 0 aliphatic heterocycles. The average Bonchev–Trinajstić information content (AvgIpc) is 3.22. The van der Waals surface area contributed by atoms with Crippen LogP contribution in [0.15, 0.2) is 64.5 Å². The number of hydrogen-bond acceptors (Lipinski definition) is 5. The van der Waals surface area contributed by atoms with Gasteiger partial charge in [-0.15, -0.1) is 0 Å². The van der Waals surface area contributed by atoms with Gasteiger partial charge in [0, 0.05) is 17.1 Å². The molecule has 0 spiro atoms. The van der Waals surface area contributed by atoms with Crippen LogP contribution >= 0.6 is 0 Å². The van der Waals surface area contributed by atoms with E-state index in [0.717, 1.165) is 12.1 Å². The molecule has 0 unspecified atom stereocenters. The SMILES string of the molecule is Cc1cc(C[C@H](N)C(=O)O)c(-c2ccc3[nH]cc(S(=O)(=O)c4ccc(F)cc4)c3c2)c(C)c1O. The van der Waals surface area contributed by atoms with Gasteiger partial charge in [0.1, 0.15) is 17.6 Å². The van der Waals surface area contributed by atoms with Gasteiger partial charge in [0.25, 0.3) is 0 Å². The number of benzene rings is 3.